The van der Waals surface area contributed by atoms with Crippen molar-refractivity contribution < 1.29 is 4.79 Å². The van der Waals surface area contributed by atoms with Gasteiger partial charge in [0.15, 0.2) is 0 Å². The van der Waals surface area contributed by atoms with Crippen LogP contribution in [-0.2, 0) is 4.79 Å². The Morgan fingerprint density at radius 1 is 1.10 bits per heavy atom. The van der Waals surface area contributed by atoms with Crippen molar-refractivity contribution >= 4 is 5.91 Å². The van der Waals surface area contributed by atoms with Gasteiger partial charge in [0, 0.05) is 25.7 Å². The third-order valence-electron chi connectivity index (χ3n) is 5.62. The predicted octanol–water partition coefficient (Wildman–Crippen LogP) is 1.85. The topological polar surface area (TPSA) is 35.6 Å². The molecular formula is C17H31N3O. The smallest absolute Gasteiger partial charge is 0.239 e. The Balaban J connectivity index is 1.51. The van der Waals surface area contributed by atoms with Gasteiger partial charge >= 0.3 is 0 Å². The van der Waals surface area contributed by atoms with Crippen LogP contribution in [-0.4, -0.2) is 60.5 Å². The molecule has 0 spiro atoms. The molecule has 0 aromatic rings. The quantitative estimate of drug-likeness (QED) is 0.862. The molecule has 3 aliphatic rings. The SMILES string of the molecule is C[C@@H]1CCCCN1C[C@H]1CCCN(C(=O)[C@H]2CCCN2)C1. The van der Waals surface area contributed by atoms with Gasteiger partial charge in [0.05, 0.1) is 6.04 Å². The molecule has 3 saturated heterocycles. The molecule has 3 heterocycles. The lowest BCUT2D eigenvalue weighted by atomic mass is 9.94. The molecule has 4 heteroatoms. The van der Waals surface area contributed by atoms with Gasteiger partial charge < -0.3 is 15.1 Å². The van der Waals surface area contributed by atoms with E-state index < -0.39 is 0 Å². The standard InChI is InChI=1S/C17H31N3O/c1-14-6-2-3-10-19(14)12-15-7-5-11-20(13-15)17(21)16-8-4-9-18-16/h14-16,18H,2-13H2,1H3/t14-,15-,16-/m1/s1. The highest BCUT2D eigenvalue weighted by atomic mass is 16.2. The summed E-state index contributed by atoms with van der Waals surface area (Å²) in [5, 5.41) is 3.36. The number of rotatable bonds is 3. The fraction of sp³-hybridized carbons (Fsp3) is 0.941. The lowest BCUT2D eigenvalue weighted by Crippen LogP contribution is -2.50. The number of carbonyl (C=O) groups is 1. The van der Waals surface area contributed by atoms with Gasteiger partial charge in [-0.1, -0.05) is 6.42 Å². The summed E-state index contributed by atoms with van der Waals surface area (Å²) in [6.07, 6.45) is 8.76. The average molecular weight is 293 g/mol. The van der Waals surface area contributed by atoms with Gasteiger partial charge in [0.25, 0.3) is 0 Å². The van der Waals surface area contributed by atoms with Crippen LogP contribution < -0.4 is 5.32 Å². The van der Waals surface area contributed by atoms with E-state index in [1.165, 1.54) is 45.2 Å². The van der Waals surface area contributed by atoms with Crippen molar-refractivity contribution in [3.63, 3.8) is 0 Å². The summed E-state index contributed by atoms with van der Waals surface area (Å²) in [5.41, 5.74) is 0. The lowest BCUT2D eigenvalue weighted by Gasteiger charge is -2.40. The van der Waals surface area contributed by atoms with Crippen molar-refractivity contribution in [3.05, 3.63) is 0 Å². The minimum Gasteiger partial charge on any atom is -0.341 e. The van der Waals surface area contributed by atoms with Crippen molar-refractivity contribution in [1.82, 2.24) is 15.1 Å². The maximum absolute atomic E-state index is 12.6. The van der Waals surface area contributed by atoms with Crippen LogP contribution in [0.5, 0.6) is 0 Å². The van der Waals surface area contributed by atoms with E-state index in [-0.39, 0.29) is 6.04 Å². The molecule has 0 unspecified atom stereocenters. The highest BCUT2D eigenvalue weighted by Crippen LogP contribution is 2.23. The van der Waals surface area contributed by atoms with Crippen LogP contribution in [0, 0.1) is 5.92 Å². The molecule has 0 aromatic heterocycles. The normalized spacial score (nSPS) is 35.1. The van der Waals surface area contributed by atoms with Crippen molar-refractivity contribution in [1.29, 1.82) is 0 Å². The van der Waals surface area contributed by atoms with Gasteiger partial charge in [-0.3, -0.25) is 4.79 Å². The van der Waals surface area contributed by atoms with E-state index in [2.05, 4.69) is 22.0 Å². The highest BCUT2D eigenvalue weighted by molar-refractivity contribution is 5.82. The Hall–Kier alpha value is -0.610. The molecule has 3 atom stereocenters. The fourth-order valence-electron chi connectivity index (χ4n) is 4.29. The first-order chi connectivity index (χ1) is 10.2. The van der Waals surface area contributed by atoms with Crippen LogP contribution in [0.4, 0.5) is 0 Å². The Kier molecular flexibility index (Phi) is 5.17. The summed E-state index contributed by atoms with van der Waals surface area (Å²) in [7, 11) is 0. The van der Waals surface area contributed by atoms with E-state index in [1.807, 2.05) is 0 Å². The second-order valence-corrected chi connectivity index (χ2v) is 7.28. The molecule has 0 aromatic carbocycles. The molecular weight excluding hydrogens is 262 g/mol. The molecule has 21 heavy (non-hydrogen) atoms. The number of piperidine rings is 2. The molecule has 0 radical (unpaired) electrons. The molecule has 0 saturated carbocycles. The monoisotopic (exact) mass is 293 g/mol. The molecule has 4 nitrogen and oxygen atoms in total. The van der Waals surface area contributed by atoms with Crippen LogP contribution >= 0.6 is 0 Å². The largest absolute Gasteiger partial charge is 0.341 e. The number of nitrogens with one attached hydrogen (secondary N) is 1. The minimum atomic E-state index is 0.109. The van der Waals surface area contributed by atoms with E-state index in [9.17, 15) is 4.79 Å². The van der Waals surface area contributed by atoms with Gasteiger partial charge in [0.1, 0.15) is 0 Å². The number of nitrogens with zero attached hydrogens (tertiary/aromatic N) is 2. The van der Waals surface area contributed by atoms with Crippen LogP contribution in [0.3, 0.4) is 0 Å². The number of hydrogen-bond acceptors (Lipinski definition) is 3. The van der Waals surface area contributed by atoms with Crippen molar-refractivity contribution in [3.8, 4) is 0 Å². The Labute approximate surface area is 129 Å². The van der Waals surface area contributed by atoms with Crippen LogP contribution in [0.1, 0.15) is 51.9 Å². The average Bonchev–Trinajstić information content (AvgIpc) is 3.03. The highest BCUT2D eigenvalue weighted by Gasteiger charge is 2.31. The summed E-state index contributed by atoms with van der Waals surface area (Å²) in [5.74, 6) is 1.05. The number of amides is 1. The Morgan fingerprint density at radius 2 is 2.00 bits per heavy atom. The van der Waals surface area contributed by atoms with E-state index >= 15 is 0 Å². The zero-order chi connectivity index (χ0) is 14.7. The summed E-state index contributed by atoms with van der Waals surface area (Å²) in [6.45, 7) is 7.80. The van der Waals surface area contributed by atoms with E-state index in [0.29, 0.717) is 11.8 Å². The molecule has 0 bridgehead atoms. The van der Waals surface area contributed by atoms with Crippen LogP contribution in [0.2, 0.25) is 0 Å². The fourth-order valence-corrected chi connectivity index (χ4v) is 4.29. The van der Waals surface area contributed by atoms with E-state index in [0.717, 1.165) is 38.5 Å². The summed E-state index contributed by atoms with van der Waals surface area (Å²) in [6, 6.07) is 0.846. The molecule has 3 fully saturated rings. The lowest BCUT2D eigenvalue weighted by molar-refractivity contribution is -0.135. The second kappa shape index (κ2) is 7.10. The zero-order valence-corrected chi connectivity index (χ0v) is 13.5. The van der Waals surface area contributed by atoms with Crippen molar-refractivity contribution in [2.45, 2.75) is 64.0 Å². The summed E-state index contributed by atoms with van der Waals surface area (Å²) in [4.78, 5) is 17.4. The Morgan fingerprint density at radius 3 is 2.76 bits per heavy atom. The molecule has 1 amide bonds. The van der Waals surface area contributed by atoms with Gasteiger partial charge in [-0.2, -0.15) is 0 Å². The summed E-state index contributed by atoms with van der Waals surface area (Å²) < 4.78 is 0. The second-order valence-electron chi connectivity index (χ2n) is 7.28. The maximum atomic E-state index is 12.6. The predicted molar refractivity (Wildman–Crippen MR) is 85.2 cm³/mol. The van der Waals surface area contributed by atoms with Crippen LogP contribution in [0.25, 0.3) is 0 Å². The first kappa shape index (κ1) is 15.3. The number of hydrogen-bond donors (Lipinski definition) is 1. The number of likely N-dealkylation sites (tertiary alicyclic amines) is 2. The van der Waals surface area contributed by atoms with Gasteiger partial charge in [-0.05, 0) is 64.5 Å². The zero-order valence-electron chi connectivity index (χ0n) is 13.5. The third-order valence-corrected chi connectivity index (χ3v) is 5.62. The van der Waals surface area contributed by atoms with Crippen LogP contribution in [0.15, 0.2) is 0 Å². The number of carbonyl (C=O) groups excluding carboxylic acids is 1. The molecule has 1 N–H and O–H groups in total. The van der Waals surface area contributed by atoms with Crippen molar-refractivity contribution in [2.24, 2.45) is 5.92 Å². The van der Waals surface area contributed by atoms with Gasteiger partial charge in [-0.15, -0.1) is 0 Å². The molecule has 3 rings (SSSR count). The molecule has 3 aliphatic heterocycles. The molecule has 120 valence electrons. The van der Waals surface area contributed by atoms with E-state index in [4.69, 9.17) is 0 Å². The summed E-state index contributed by atoms with van der Waals surface area (Å²) >= 11 is 0. The molecule has 0 aliphatic carbocycles. The van der Waals surface area contributed by atoms with Gasteiger partial charge in [0.2, 0.25) is 5.91 Å². The minimum absolute atomic E-state index is 0.109. The Bertz CT molecular complexity index is 354. The first-order valence-corrected chi connectivity index (χ1v) is 9.00. The third kappa shape index (κ3) is 3.78. The van der Waals surface area contributed by atoms with Gasteiger partial charge in [-0.25, -0.2) is 0 Å². The van der Waals surface area contributed by atoms with Crippen molar-refractivity contribution in [2.75, 3.05) is 32.7 Å². The first-order valence-electron chi connectivity index (χ1n) is 9.00. The maximum Gasteiger partial charge on any atom is 0.239 e. The van der Waals surface area contributed by atoms with E-state index in [1.54, 1.807) is 0 Å².